The first kappa shape index (κ1) is 13.5. The van der Waals surface area contributed by atoms with Gasteiger partial charge in [0.15, 0.2) is 0 Å². The van der Waals surface area contributed by atoms with Crippen LogP contribution in [0.4, 0.5) is 0 Å². The molecular weight excluding hydrogens is 244 g/mol. The molecule has 0 bridgehead atoms. The largest absolute Gasteiger partial charge is 0.481 e. The molecule has 1 heterocycles. The van der Waals surface area contributed by atoms with Crippen molar-refractivity contribution < 1.29 is 9.90 Å². The smallest absolute Gasteiger partial charge is 0.303 e. The van der Waals surface area contributed by atoms with Gasteiger partial charge in [0.2, 0.25) is 0 Å². The van der Waals surface area contributed by atoms with Gasteiger partial charge in [-0.15, -0.1) is 11.8 Å². The maximum Gasteiger partial charge on any atom is 0.303 e. The fourth-order valence-corrected chi connectivity index (χ4v) is 3.57. The van der Waals surface area contributed by atoms with Gasteiger partial charge in [0.05, 0.1) is 6.42 Å². The Morgan fingerprint density at radius 1 is 1.44 bits per heavy atom. The van der Waals surface area contributed by atoms with Crippen LogP contribution in [0.25, 0.3) is 0 Å². The summed E-state index contributed by atoms with van der Waals surface area (Å²) in [4.78, 5) is 12.2. The topological polar surface area (TPSA) is 37.3 Å². The first-order valence-corrected chi connectivity index (χ1v) is 7.41. The van der Waals surface area contributed by atoms with Crippen molar-refractivity contribution in [3.63, 3.8) is 0 Å². The number of thioether (sulfide) groups is 1. The summed E-state index contributed by atoms with van der Waals surface area (Å²) in [6, 6.07) is 6.62. The van der Waals surface area contributed by atoms with Gasteiger partial charge in [-0.3, -0.25) is 4.79 Å². The second kappa shape index (κ2) is 5.35. The van der Waals surface area contributed by atoms with Crippen LogP contribution in [0.2, 0.25) is 0 Å². The molecule has 1 aliphatic heterocycles. The van der Waals surface area contributed by atoms with Gasteiger partial charge in [0, 0.05) is 4.90 Å². The first-order valence-electron chi connectivity index (χ1n) is 6.43. The molecule has 1 aromatic rings. The molecule has 0 unspecified atom stereocenters. The molecule has 2 rings (SSSR count). The molecule has 18 heavy (non-hydrogen) atoms. The molecule has 2 nitrogen and oxygen atoms in total. The maximum atomic E-state index is 10.8. The minimum atomic E-state index is -0.714. The Bertz CT molecular complexity index is 452. The normalized spacial score (nSPS) is 15.2. The van der Waals surface area contributed by atoms with Crippen molar-refractivity contribution in [3.05, 3.63) is 29.3 Å². The van der Waals surface area contributed by atoms with Crippen molar-refractivity contribution in [2.45, 2.75) is 44.4 Å². The van der Waals surface area contributed by atoms with E-state index < -0.39 is 5.97 Å². The number of carbonyl (C=O) groups is 1. The number of aliphatic carboxylic acids is 1. The third kappa shape index (κ3) is 3.52. The van der Waals surface area contributed by atoms with Gasteiger partial charge >= 0.3 is 5.97 Å². The predicted octanol–water partition coefficient (Wildman–Crippen LogP) is 3.77. The Hall–Kier alpha value is -0.960. The van der Waals surface area contributed by atoms with Crippen LogP contribution in [-0.2, 0) is 17.6 Å². The Morgan fingerprint density at radius 3 is 2.94 bits per heavy atom. The molecule has 3 heteroatoms. The van der Waals surface area contributed by atoms with Gasteiger partial charge in [-0.1, -0.05) is 26.0 Å². The lowest BCUT2D eigenvalue weighted by atomic mass is 9.82. The van der Waals surface area contributed by atoms with E-state index in [0.29, 0.717) is 0 Å². The number of fused-ring (bicyclic) bond motifs is 1. The van der Waals surface area contributed by atoms with Crippen LogP contribution in [0.3, 0.4) is 0 Å². The average molecular weight is 264 g/mol. The summed E-state index contributed by atoms with van der Waals surface area (Å²) in [7, 11) is 0. The van der Waals surface area contributed by atoms with Crippen LogP contribution < -0.4 is 0 Å². The number of hydrogen-bond donors (Lipinski definition) is 1. The van der Waals surface area contributed by atoms with E-state index in [1.807, 2.05) is 25.6 Å². The van der Waals surface area contributed by atoms with Crippen LogP contribution in [-0.4, -0.2) is 16.8 Å². The van der Waals surface area contributed by atoms with Crippen molar-refractivity contribution in [2.75, 3.05) is 5.75 Å². The van der Waals surface area contributed by atoms with E-state index in [9.17, 15) is 4.79 Å². The quantitative estimate of drug-likeness (QED) is 0.899. The highest BCUT2D eigenvalue weighted by molar-refractivity contribution is 7.99. The standard InChI is InChI=1S/C15H20O2S/c1-15(2,10-14(16)17)9-11-5-6-13-12(8-11)4-3-7-18-13/h5-6,8H,3-4,7,9-10H2,1-2H3,(H,16,17). The van der Waals surface area contributed by atoms with E-state index >= 15 is 0 Å². The van der Waals surface area contributed by atoms with Gasteiger partial charge in [-0.2, -0.15) is 0 Å². The van der Waals surface area contributed by atoms with Gasteiger partial charge in [0.25, 0.3) is 0 Å². The number of benzene rings is 1. The first-order chi connectivity index (χ1) is 8.46. The summed E-state index contributed by atoms with van der Waals surface area (Å²) in [6.45, 7) is 4.05. The number of carboxylic acids is 1. The van der Waals surface area contributed by atoms with Gasteiger partial charge in [-0.05, 0) is 47.6 Å². The van der Waals surface area contributed by atoms with Crippen molar-refractivity contribution in [1.82, 2.24) is 0 Å². The third-order valence-electron chi connectivity index (χ3n) is 3.29. The fourth-order valence-electron chi connectivity index (χ4n) is 2.55. The highest BCUT2D eigenvalue weighted by atomic mass is 32.2. The van der Waals surface area contributed by atoms with Crippen LogP contribution in [0.15, 0.2) is 23.1 Å². The summed E-state index contributed by atoms with van der Waals surface area (Å²) >= 11 is 1.93. The average Bonchev–Trinajstić information content (AvgIpc) is 2.26. The summed E-state index contributed by atoms with van der Waals surface area (Å²) in [5.41, 5.74) is 2.53. The number of hydrogen-bond acceptors (Lipinski definition) is 2. The van der Waals surface area contributed by atoms with Crippen molar-refractivity contribution >= 4 is 17.7 Å². The van der Waals surface area contributed by atoms with Crippen LogP contribution in [0.1, 0.15) is 37.8 Å². The molecule has 98 valence electrons. The summed E-state index contributed by atoms with van der Waals surface area (Å²) < 4.78 is 0. The molecule has 0 atom stereocenters. The third-order valence-corrected chi connectivity index (χ3v) is 4.49. The van der Waals surface area contributed by atoms with Crippen LogP contribution >= 0.6 is 11.8 Å². The molecular formula is C15H20O2S. The van der Waals surface area contributed by atoms with Crippen molar-refractivity contribution in [2.24, 2.45) is 5.41 Å². The zero-order chi connectivity index (χ0) is 13.2. The van der Waals surface area contributed by atoms with E-state index in [0.717, 1.165) is 12.8 Å². The summed E-state index contributed by atoms with van der Waals surface area (Å²) in [5.74, 6) is 0.505. The second-order valence-corrected chi connectivity index (χ2v) is 6.94. The van der Waals surface area contributed by atoms with E-state index in [1.54, 1.807) is 0 Å². The molecule has 1 N–H and O–H groups in total. The molecule has 0 aliphatic carbocycles. The van der Waals surface area contributed by atoms with Crippen molar-refractivity contribution in [3.8, 4) is 0 Å². The molecule has 0 saturated heterocycles. The minimum absolute atomic E-state index is 0.179. The van der Waals surface area contributed by atoms with E-state index in [1.165, 1.54) is 28.2 Å². The van der Waals surface area contributed by atoms with E-state index in [2.05, 4.69) is 18.2 Å². The Balaban J connectivity index is 2.12. The SMILES string of the molecule is CC(C)(CC(=O)O)Cc1ccc2c(c1)CCCS2. The van der Waals surface area contributed by atoms with Gasteiger partial charge in [-0.25, -0.2) is 0 Å². The lowest BCUT2D eigenvalue weighted by Gasteiger charge is -2.24. The molecule has 0 amide bonds. The van der Waals surface area contributed by atoms with Crippen molar-refractivity contribution in [1.29, 1.82) is 0 Å². The Morgan fingerprint density at radius 2 is 2.22 bits per heavy atom. The molecule has 0 radical (unpaired) electrons. The minimum Gasteiger partial charge on any atom is -0.481 e. The van der Waals surface area contributed by atoms with Gasteiger partial charge < -0.3 is 5.11 Å². The molecule has 0 saturated carbocycles. The lowest BCUT2D eigenvalue weighted by Crippen LogP contribution is -2.19. The molecule has 1 aliphatic rings. The van der Waals surface area contributed by atoms with E-state index in [4.69, 9.17) is 5.11 Å². The number of rotatable bonds is 4. The number of carboxylic acid groups (broad SMARTS) is 1. The second-order valence-electron chi connectivity index (χ2n) is 5.81. The highest BCUT2D eigenvalue weighted by Crippen LogP contribution is 2.33. The Labute approximate surface area is 113 Å². The summed E-state index contributed by atoms with van der Waals surface area (Å²) in [6.07, 6.45) is 3.46. The molecule has 0 fully saturated rings. The Kier molecular flexibility index (Phi) is 4.00. The molecule has 0 spiro atoms. The molecule has 1 aromatic carbocycles. The predicted molar refractivity (Wildman–Crippen MR) is 75.2 cm³/mol. The zero-order valence-electron chi connectivity index (χ0n) is 11.0. The fraction of sp³-hybridized carbons (Fsp3) is 0.533. The lowest BCUT2D eigenvalue weighted by molar-refractivity contribution is -0.139. The monoisotopic (exact) mass is 264 g/mol. The van der Waals surface area contributed by atoms with E-state index in [-0.39, 0.29) is 11.8 Å². The zero-order valence-corrected chi connectivity index (χ0v) is 11.8. The van der Waals surface area contributed by atoms with Crippen LogP contribution in [0.5, 0.6) is 0 Å². The highest BCUT2D eigenvalue weighted by Gasteiger charge is 2.22. The summed E-state index contributed by atoms with van der Waals surface area (Å²) in [5, 5.41) is 8.92. The van der Waals surface area contributed by atoms with Crippen LogP contribution in [0, 0.1) is 5.41 Å². The molecule has 0 aromatic heterocycles. The maximum absolute atomic E-state index is 10.8. The van der Waals surface area contributed by atoms with Gasteiger partial charge in [0.1, 0.15) is 0 Å². The number of aryl methyl sites for hydroxylation is 1.